The van der Waals surface area contributed by atoms with Gasteiger partial charge in [-0.1, -0.05) is 20.8 Å². The maximum atomic E-state index is 14.2. The van der Waals surface area contributed by atoms with Gasteiger partial charge in [-0.15, -0.1) is 10.2 Å². The van der Waals surface area contributed by atoms with E-state index < -0.39 is 29.6 Å². The summed E-state index contributed by atoms with van der Waals surface area (Å²) in [4.78, 5) is 18.3. The number of amides is 1. The molecule has 11 heteroatoms. The molecule has 1 saturated carbocycles. The fraction of sp³-hybridized carbons (Fsp3) is 0.632. The molecule has 0 bridgehead atoms. The number of ether oxygens (including phenoxy) is 1. The number of nitrogens with one attached hydrogen (secondary N) is 1. The van der Waals surface area contributed by atoms with E-state index in [1.807, 2.05) is 20.8 Å². The van der Waals surface area contributed by atoms with Crippen molar-refractivity contribution in [2.75, 3.05) is 0 Å². The third-order valence-electron chi connectivity index (χ3n) is 4.77. The zero-order chi connectivity index (χ0) is 22.3. The molecule has 3 rings (SSSR count). The zero-order valence-electron chi connectivity index (χ0n) is 17.5. The number of aryl methyl sites for hydroxylation is 1. The van der Waals surface area contributed by atoms with Crippen molar-refractivity contribution >= 4 is 5.91 Å². The minimum atomic E-state index is -3.34. The summed E-state index contributed by atoms with van der Waals surface area (Å²) in [5.41, 5.74) is -0.0317. The van der Waals surface area contributed by atoms with Gasteiger partial charge in [0.15, 0.2) is 5.82 Å². The molecule has 0 aliphatic heterocycles. The number of rotatable bonds is 7. The summed E-state index contributed by atoms with van der Waals surface area (Å²) in [5, 5.41) is 14.7. The Morgan fingerprint density at radius 2 is 1.97 bits per heavy atom. The molecule has 8 nitrogen and oxygen atoms in total. The van der Waals surface area contributed by atoms with Gasteiger partial charge in [0.05, 0.1) is 13.1 Å². The summed E-state index contributed by atoms with van der Waals surface area (Å²) in [6.45, 7) is 6.33. The molecule has 164 valence electrons. The summed E-state index contributed by atoms with van der Waals surface area (Å²) in [6.07, 6.45) is -0.309. The van der Waals surface area contributed by atoms with E-state index in [0.717, 1.165) is 12.8 Å². The molecule has 0 spiro atoms. The molecule has 1 amide bonds. The predicted octanol–water partition coefficient (Wildman–Crippen LogP) is 3.33. The van der Waals surface area contributed by atoms with Crippen molar-refractivity contribution in [2.45, 2.75) is 64.8 Å². The number of nitrogens with zero attached hydrogens (tertiary/aromatic N) is 5. The summed E-state index contributed by atoms with van der Waals surface area (Å²) in [7, 11) is 1.61. The molecule has 0 aromatic carbocycles. The molecule has 1 aliphatic rings. The van der Waals surface area contributed by atoms with Gasteiger partial charge in [-0.2, -0.15) is 9.19 Å². The van der Waals surface area contributed by atoms with Crippen LogP contribution in [0.15, 0.2) is 12.3 Å². The summed E-state index contributed by atoms with van der Waals surface area (Å²) < 4.78 is 45.1. The van der Waals surface area contributed by atoms with Crippen LogP contribution in [0.4, 0.5) is 13.2 Å². The van der Waals surface area contributed by atoms with E-state index in [1.54, 1.807) is 7.05 Å². The third-order valence-corrected chi connectivity index (χ3v) is 4.77. The van der Waals surface area contributed by atoms with Crippen LogP contribution in [0.1, 0.15) is 74.4 Å². The van der Waals surface area contributed by atoms with Gasteiger partial charge in [-0.3, -0.25) is 9.78 Å². The Hall–Kier alpha value is -2.72. The van der Waals surface area contributed by atoms with E-state index in [4.69, 9.17) is 4.74 Å². The van der Waals surface area contributed by atoms with Gasteiger partial charge in [-0.05, 0) is 29.4 Å². The van der Waals surface area contributed by atoms with Crippen molar-refractivity contribution in [1.29, 1.82) is 0 Å². The highest BCUT2D eigenvalue weighted by Crippen LogP contribution is 2.45. The number of halogens is 3. The minimum Gasteiger partial charge on any atom is -0.452 e. The molecule has 0 radical (unpaired) electrons. The van der Waals surface area contributed by atoms with Gasteiger partial charge >= 0.3 is 12.3 Å². The lowest BCUT2D eigenvalue weighted by molar-refractivity contribution is -0.153. The Morgan fingerprint density at radius 1 is 1.30 bits per heavy atom. The van der Waals surface area contributed by atoms with Crippen LogP contribution in [-0.2, 0) is 7.05 Å². The minimum absolute atomic E-state index is 0.0594. The second-order valence-electron chi connectivity index (χ2n) is 8.68. The first-order chi connectivity index (χ1) is 13.9. The standard InChI is InChI=1S/C19H25F3N6O2/c1-18(2,3)14(15-25-27-28(5)26-15)24-16(29)12-8-13(30-19(4,22)17(20)21)11(9-23-12)10-6-7-10/h8-10,14,17H,6-7H2,1-5H3,(H,24,29)/t14?,19-/m1/s1. The molecule has 2 aromatic heterocycles. The second kappa shape index (κ2) is 7.84. The van der Waals surface area contributed by atoms with E-state index in [2.05, 4.69) is 25.7 Å². The van der Waals surface area contributed by atoms with Crippen LogP contribution in [0, 0.1) is 5.41 Å². The average molecular weight is 426 g/mol. The number of alkyl halides is 3. The van der Waals surface area contributed by atoms with Crippen LogP contribution in [0.2, 0.25) is 0 Å². The Kier molecular flexibility index (Phi) is 5.74. The highest BCUT2D eigenvalue weighted by molar-refractivity contribution is 5.93. The van der Waals surface area contributed by atoms with Crippen molar-refractivity contribution < 1.29 is 22.7 Å². The van der Waals surface area contributed by atoms with Gasteiger partial charge in [0.25, 0.3) is 5.91 Å². The molecule has 1 aliphatic carbocycles. The van der Waals surface area contributed by atoms with Crippen LogP contribution in [-0.4, -0.2) is 43.4 Å². The molecule has 1 fully saturated rings. The molecule has 2 aromatic rings. The van der Waals surface area contributed by atoms with Crippen molar-refractivity contribution in [3.05, 3.63) is 29.3 Å². The molecule has 1 N–H and O–H groups in total. The molecular weight excluding hydrogens is 401 g/mol. The lowest BCUT2D eigenvalue weighted by atomic mass is 9.86. The van der Waals surface area contributed by atoms with E-state index in [-0.39, 0.29) is 17.4 Å². The van der Waals surface area contributed by atoms with E-state index in [1.165, 1.54) is 17.1 Å². The number of carbonyl (C=O) groups excluding carboxylic acids is 1. The summed E-state index contributed by atoms with van der Waals surface area (Å²) in [5.74, 6) is -3.50. The fourth-order valence-corrected chi connectivity index (χ4v) is 2.91. The lowest BCUT2D eigenvalue weighted by Gasteiger charge is -2.29. The van der Waals surface area contributed by atoms with E-state index >= 15 is 0 Å². The van der Waals surface area contributed by atoms with Gasteiger partial charge in [0, 0.05) is 24.8 Å². The average Bonchev–Trinajstić information content (AvgIpc) is 3.39. The summed E-state index contributed by atoms with van der Waals surface area (Å²) >= 11 is 0. The highest BCUT2D eigenvalue weighted by Gasteiger charge is 2.40. The molecule has 30 heavy (non-hydrogen) atoms. The first kappa shape index (κ1) is 22.0. The fourth-order valence-electron chi connectivity index (χ4n) is 2.91. The number of hydrogen-bond donors (Lipinski definition) is 1. The Morgan fingerprint density at radius 3 is 2.47 bits per heavy atom. The van der Waals surface area contributed by atoms with Crippen molar-refractivity contribution in [3.63, 3.8) is 0 Å². The number of aromatic nitrogens is 5. The largest absolute Gasteiger partial charge is 0.452 e. The Labute approximate surface area is 172 Å². The number of carbonyl (C=O) groups is 1. The predicted molar refractivity (Wildman–Crippen MR) is 101 cm³/mol. The lowest BCUT2D eigenvalue weighted by Crippen LogP contribution is -2.38. The van der Waals surface area contributed by atoms with Crippen molar-refractivity contribution in [2.24, 2.45) is 12.5 Å². The van der Waals surface area contributed by atoms with Gasteiger partial charge < -0.3 is 10.1 Å². The van der Waals surface area contributed by atoms with E-state index in [9.17, 15) is 18.0 Å². The molecule has 0 saturated heterocycles. The van der Waals surface area contributed by atoms with Gasteiger partial charge in [-0.25, -0.2) is 8.78 Å². The quantitative estimate of drug-likeness (QED) is 0.730. The molecule has 2 heterocycles. The smallest absolute Gasteiger partial charge is 0.306 e. The van der Waals surface area contributed by atoms with Gasteiger partial charge in [0.1, 0.15) is 11.4 Å². The van der Waals surface area contributed by atoms with Crippen LogP contribution >= 0.6 is 0 Å². The Bertz CT molecular complexity index is 921. The van der Waals surface area contributed by atoms with Crippen LogP contribution in [0.3, 0.4) is 0 Å². The first-order valence-electron chi connectivity index (χ1n) is 9.59. The van der Waals surface area contributed by atoms with Crippen LogP contribution in [0.5, 0.6) is 5.75 Å². The number of pyridine rings is 1. The maximum absolute atomic E-state index is 14.2. The topological polar surface area (TPSA) is 94.8 Å². The first-order valence-corrected chi connectivity index (χ1v) is 9.59. The molecule has 2 atom stereocenters. The maximum Gasteiger partial charge on any atom is 0.306 e. The monoisotopic (exact) mass is 426 g/mol. The number of hydrogen-bond acceptors (Lipinski definition) is 6. The summed E-state index contributed by atoms with van der Waals surface area (Å²) in [6, 6.07) is 0.605. The SMILES string of the molecule is Cn1nnc(C(NC(=O)c2cc(O[C@@](C)(F)C(F)F)c(C3CC3)cn2)C(C)(C)C)n1. The molecule has 1 unspecified atom stereocenters. The molecular formula is C19H25F3N6O2. The third kappa shape index (κ3) is 4.88. The second-order valence-corrected chi connectivity index (χ2v) is 8.68. The zero-order valence-corrected chi connectivity index (χ0v) is 17.5. The van der Waals surface area contributed by atoms with Crippen LogP contribution < -0.4 is 10.1 Å². The van der Waals surface area contributed by atoms with Gasteiger partial charge in [0.2, 0.25) is 0 Å². The van der Waals surface area contributed by atoms with Crippen LogP contribution in [0.25, 0.3) is 0 Å². The van der Waals surface area contributed by atoms with Crippen molar-refractivity contribution in [1.82, 2.24) is 30.5 Å². The van der Waals surface area contributed by atoms with Crippen molar-refractivity contribution in [3.8, 4) is 5.75 Å². The number of tetrazole rings is 1. The normalized spacial score (nSPS) is 17.5. The Balaban J connectivity index is 1.89. The van der Waals surface area contributed by atoms with E-state index in [0.29, 0.717) is 18.3 Å². The highest BCUT2D eigenvalue weighted by atomic mass is 19.3.